The van der Waals surface area contributed by atoms with Gasteiger partial charge >= 0.3 is 5.97 Å². The summed E-state index contributed by atoms with van der Waals surface area (Å²) in [5.41, 5.74) is -0.784. The molecule has 0 heterocycles. The van der Waals surface area contributed by atoms with E-state index in [1.54, 1.807) is 20.8 Å². The van der Waals surface area contributed by atoms with Crippen molar-refractivity contribution in [2.75, 3.05) is 13.2 Å². The van der Waals surface area contributed by atoms with Crippen LogP contribution in [0.3, 0.4) is 0 Å². The van der Waals surface area contributed by atoms with Crippen LogP contribution in [-0.2, 0) is 16.0 Å². The van der Waals surface area contributed by atoms with Gasteiger partial charge < -0.3 is 14.9 Å². The van der Waals surface area contributed by atoms with Gasteiger partial charge in [-0.3, -0.25) is 4.79 Å². The van der Waals surface area contributed by atoms with Crippen LogP contribution in [0.5, 0.6) is 0 Å². The number of hydrogen-bond acceptors (Lipinski definition) is 4. The van der Waals surface area contributed by atoms with Crippen molar-refractivity contribution < 1.29 is 19.7 Å². The van der Waals surface area contributed by atoms with Gasteiger partial charge in [-0.15, -0.1) is 0 Å². The molecule has 0 radical (unpaired) electrons. The smallest absolute Gasteiger partial charge is 0.315 e. The molecule has 1 aromatic rings. The third kappa shape index (κ3) is 4.62. The van der Waals surface area contributed by atoms with Crippen LogP contribution < -0.4 is 0 Å². The van der Waals surface area contributed by atoms with Crippen LogP contribution in [0.1, 0.15) is 32.8 Å². The Bertz CT molecular complexity index is 422. The van der Waals surface area contributed by atoms with Crippen molar-refractivity contribution in [2.45, 2.75) is 39.2 Å². The fraction of sp³-hybridized carbons (Fsp3) is 0.562. The van der Waals surface area contributed by atoms with E-state index >= 15 is 0 Å². The maximum absolute atomic E-state index is 12.4. The summed E-state index contributed by atoms with van der Waals surface area (Å²) in [6, 6.07) is 9.44. The van der Waals surface area contributed by atoms with Gasteiger partial charge in [0.1, 0.15) is 5.60 Å². The minimum Gasteiger partial charge on any atom is -0.459 e. The molecule has 0 spiro atoms. The maximum atomic E-state index is 12.4. The van der Waals surface area contributed by atoms with E-state index < -0.39 is 17.0 Å². The van der Waals surface area contributed by atoms with E-state index in [1.807, 2.05) is 30.3 Å². The van der Waals surface area contributed by atoms with Crippen LogP contribution in [0, 0.1) is 5.41 Å². The van der Waals surface area contributed by atoms with Gasteiger partial charge in [0, 0.05) is 6.61 Å². The number of benzene rings is 1. The van der Waals surface area contributed by atoms with Crippen LogP contribution in [-0.4, -0.2) is 35.0 Å². The molecule has 4 nitrogen and oxygen atoms in total. The van der Waals surface area contributed by atoms with Gasteiger partial charge in [0.25, 0.3) is 0 Å². The molecule has 112 valence electrons. The molecule has 0 amide bonds. The second-order valence-corrected chi connectivity index (χ2v) is 6.08. The van der Waals surface area contributed by atoms with Crippen LogP contribution in [0.25, 0.3) is 0 Å². The number of hydrogen-bond donors (Lipinski definition) is 2. The molecule has 1 rings (SSSR count). The van der Waals surface area contributed by atoms with E-state index in [4.69, 9.17) is 4.74 Å². The fourth-order valence-electron chi connectivity index (χ4n) is 2.05. The Hall–Kier alpha value is -1.39. The minimum absolute atomic E-state index is 0.174. The largest absolute Gasteiger partial charge is 0.459 e. The molecule has 0 aliphatic heterocycles. The Balaban J connectivity index is 2.99. The number of aliphatic hydroxyl groups excluding tert-OH is 2. The predicted octanol–water partition coefficient (Wildman–Crippen LogP) is 1.93. The van der Waals surface area contributed by atoms with Gasteiger partial charge in [-0.2, -0.15) is 0 Å². The standard InChI is InChI=1S/C16H24O4/c1-15(2,3)20-14(19)16(12-18,9-10-17)11-13-7-5-4-6-8-13/h4-8,17-18H,9-12H2,1-3H3/t16-/m0/s1. The molecule has 0 unspecified atom stereocenters. The number of esters is 1. The second kappa shape index (κ2) is 6.86. The first kappa shape index (κ1) is 16.7. The number of ether oxygens (including phenoxy) is 1. The summed E-state index contributed by atoms with van der Waals surface area (Å²) in [7, 11) is 0. The van der Waals surface area contributed by atoms with Crippen molar-refractivity contribution in [3.8, 4) is 0 Å². The fourth-order valence-corrected chi connectivity index (χ4v) is 2.05. The van der Waals surface area contributed by atoms with Crippen molar-refractivity contribution in [3.05, 3.63) is 35.9 Å². The maximum Gasteiger partial charge on any atom is 0.315 e. The quantitative estimate of drug-likeness (QED) is 0.781. The average Bonchev–Trinajstić information content (AvgIpc) is 2.37. The van der Waals surface area contributed by atoms with Crippen molar-refractivity contribution >= 4 is 5.97 Å². The topological polar surface area (TPSA) is 66.8 Å². The molecule has 4 heteroatoms. The van der Waals surface area contributed by atoms with Crippen LogP contribution in [0.15, 0.2) is 30.3 Å². The molecule has 0 saturated carbocycles. The lowest BCUT2D eigenvalue weighted by molar-refractivity contribution is -0.171. The Morgan fingerprint density at radius 2 is 1.75 bits per heavy atom. The zero-order valence-electron chi connectivity index (χ0n) is 12.4. The normalized spacial score (nSPS) is 14.7. The number of carbonyl (C=O) groups excluding carboxylic acids is 1. The van der Waals surface area contributed by atoms with Crippen molar-refractivity contribution in [2.24, 2.45) is 5.41 Å². The first-order valence-electron chi connectivity index (χ1n) is 6.82. The van der Waals surface area contributed by atoms with Gasteiger partial charge in [-0.25, -0.2) is 0 Å². The SMILES string of the molecule is CC(C)(C)OC(=O)[C@@](CO)(CCO)Cc1ccccc1. The molecular weight excluding hydrogens is 256 g/mol. The molecule has 2 N–H and O–H groups in total. The highest BCUT2D eigenvalue weighted by Gasteiger charge is 2.41. The van der Waals surface area contributed by atoms with Gasteiger partial charge in [0.15, 0.2) is 0 Å². The predicted molar refractivity (Wildman–Crippen MR) is 77.2 cm³/mol. The number of rotatable bonds is 6. The second-order valence-electron chi connectivity index (χ2n) is 6.08. The molecule has 0 aliphatic rings. The first-order chi connectivity index (χ1) is 9.33. The Kier molecular flexibility index (Phi) is 5.72. The molecular formula is C16H24O4. The van der Waals surface area contributed by atoms with E-state index in [2.05, 4.69) is 0 Å². The van der Waals surface area contributed by atoms with Gasteiger partial charge in [0.05, 0.1) is 12.0 Å². The molecule has 0 aliphatic carbocycles. The van der Waals surface area contributed by atoms with Crippen molar-refractivity contribution in [1.82, 2.24) is 0 Å². The molecule has 0 aromatic heterocycles. The first-order valence-corrected chi connectivity index (χ1v) is 6.82. The molecule has 20 heavy (non-hydrogen) atoms. The van der Waals surface area contributed by atoms with Crippen LogP contribution in [0.2, 0.25) is 0 Å². The van der Waals surface area contributed by atoms with E-state index in [1.165, 1.54) is 0 Å². The van der Waals surface area contributed by atoms with Gasteiger partial charge in [0.2, 0.25) is 0 Å². The summed E-state index contributed by atoms with van der Waals surface area (Å²) >= 11 is 0. The molecule has 1 atom stereocenters. The minimum atomic E-state index is -1.09. The molecule has 0 fully saturated rings. The molecule has 1 aromatic carbocycles. The third-order valence-corrected chi connectivity index (χ3v) is 3.11. The Morgan fingerprint density at radius 1 is 1.15 bits per heavy atom. The number of aliphatic hydroxyl groups is 2. The average molecular weight is 280 g/mol. The Labute approximate surface area is 120 Å². The summed E-state index contributed by atoms with van der Waals surface area (Å²) < 4.78 is 5.41. The highest BCUT2D eigenvalue weighted by atomic mass is 16.6. The lowest BCUT2D eigenvalue weighted by atomic mass is 9.79. The van der Waals surface area contributed by atoms with Gasteiger partial charge in [-0.05, 0) is 39.2 Å². The number of carbonyl (C=O) groups is 1. The van der Waals surface area contributed by atoms with E-state index in [-0.39, 0.29) is 19.6 Å². The monoisotopic (exact) mass is 280 g/mol. The molecule has 0 bridgehead atoms. The summed E-state index contributed by atoms with van der Waals surface area (Å²) in [6.07, 6.45) is 0.521. The zero-order chi connectivity index (χ0) is 15.2. The Morgan fingerprint density at radius 3 is 2.20 bits per heavy atom. The third-order valence-electron chi connectivity index (χ3n) is 3.11. The van der Waals surface area contributed by atoms with Gasteiger partial charge in [-0.1, -0.05) is 30.3 Å². The lowest BCUT2D eigenvalue weighted by Crippen LogP contribution is -2.42. The highest BCUT2D eigenvalue weighted by molar-refractivity contribution is 5.78. The van der Waals surface area contributed by atoms with E-state index in [0.717, 1.165) is 5.56 Å². The summed E-state index contributed by atoms with van der Waals surface area (Å²) in [5, 5.41) is 19.0. The lowest BCUT2D eigenvalue weighted by Gasteiger charge is -2.32. The zero-order valence-corrected chi connectivity index (χ0v) is 12.4. The van der Waals surface area contributed by atoms with E-state index in [9.17, 15) is 15.0 Å². The summed E-state index contributed by atoms with van der Waals surface area (Å²) in [6.45, 7) is 4.83. The van der Waals surface area contributed by atoms with Crippen molar-refractivity contribution in [1.29, 1.82) is 0 Å². The highest BCUT2D eigenvalue weighted by Crippen LogP contribution is 2.30. The summed E-state index contributed by atoms with van der Waals surface area (Å²) in [5.74, 6) is -0.467. The van der Waals surface area contributed by atoms with Crippen molar-refractivity contribution in [3.63, 3.8) is 0 Å². The van der Waals surface area contributed by atoms with Crippen LogP contribution >= 0.6 is 0 Å². The molecule has 0 saturated heterocycles. The summed E-state index contributed by atoms with van der Waals surface area (Å²) in [4.78, 5) is 12.4. The van der Waals surface area contributed by atoms with E-state index in [0.29, 0.717) is 6.42 Å². The van der Waals surface area contributed by atoms with Crippen LogP contribution in [0.4, 0.5) is 0 Å².